The third kappa shape index (κ3) is 4.05. The highest BCUT2D eigenvalue weighted by Crippen LogP contribution is 2.24. The number of nitrogens with one attached hydrogen (secondary N) is 1. The largest absolute Gasteiger partial charge is 0.398 e. The Hall–Kier alpha value is -0.430. The van der Waals surface area contributed by atoms with E-state index in [9.17, 15) is 8.42 Å². The summed E-state index contributed by atoms with van der Waals surface area (Å²) in [5.74, 6) is 0. The molecule has 0 atom stereocenters. The summed E-state index contributed by atoms with van der Waals surface area (Å²) >= 11 is 7.33. The van der Waals surface area contributed by atoms with Crippen LogP contribution in [0.15, 0.2) is 23.1 Å². The number of thioether (sulfide) groups is 1. The quantitative estimate of drug-likeness (QED) is 0.819. The number of anilines is 1. The van der Waals surface area contributed by atoms with Crippen LogP contribution in [0.2, 0.25) is 5.02 Å². The minimum absolute atomic E-state index is 0.0591. The summed E-state index contributed by atoms with van der Waals surface area (Å²) < 4.78 is 26.5. The van der Waals surface area contributed by atoms with Gasteiger partial charge >= 0.3 is 0 Å². The number of rotatable bonds is 5. The van der Waals surface area contributed by atoms with E-state index in [1.54, 1.807) is 11.8 Å². The molecule has 0 aliphatic rings. The molecule has 18 heavy (non-hydrogen) atoms. The molecule has 0 amide bonds. The van der Waals surface area contributed by atoms with Crippen molar-refractivity contribution in [1.29, 1.82) is 0 Å². The molecule has 0 radical (unpaired) electrons. The van der Waals surface area contributed by atoms with Gasteiger partial charge in [0.1, 0.15) is 4.90 Å². The molecule has 0 saturated carbocycles. The van der Waals surface area contributed by atoms with Crippen LogP contribution in [0.5, 0.6) is 0 Å². The van der Waals surface area contributed by atoms with Crippen molar-refractivity contribution in [2.24, 2.45) is 0 Å². The van der Waals surface area contributed by atoms with Crippen LogP contribution >= 0.6 is 23.4 Å². The van der Waals surface area contributed by atoms with Gasteiger partial charge in [0.25, 0.3) is 0 Å². The van der Waals surface area contributed by atoms with Gasteiger partial charge in [0.05, 0.1) is 5.69 Å². The minimum Gasteiger partial charge on any atom is -0.398 e. The summed E-state index contributed by atoms with van der Waals surface area (Å²) in [5.41, 5.74) is 5.82. The highest BCUT2D eigenvalue weighted by atomic mass is 35.5. The van der Waals surface area contributed by atoms with Crippen LogP contribution in [0.4, 0.5) is 5.69 Å². The standard InChI is InChI=1S/C11H17ClN2O2S2/c1-11(2,17-3)7-14-18(15,16)10-5-4-8(12)6-9(10)13/h4-6,14H,7,13H2,1-3H3. The highest BCUT2D eigenvalue weighted by molar-refractivity contribution is 8.00. The van der Waals surface area contributed by atoms with Crippen molar-refractivity contribution in [3.05, 3.63) is 23.2 Å². The number of hydrogen-bond donors (Lipinski definition) is 2. The topological polar surface area (TPSA) is 72.2 Å². The van der Waals surface area contributed by atoms with Crippen LogP contribution in [0.3, 0.4) is 0 Å². The van der Waals surface area contributed by atoms with Gasteiger partial charge in [0.2, 0.25) is 10.0 Å². The highest BCUT2D eigenvalue weighted by Gasteiger charge is 2.22. The van der Waals surface area contributed by atoms with E-state index < -0.39 is 10.0 Å². The number of halogens is 1. The molecule has 1 rings (SSSR count). The maximum atomic E-state index is 12.1. The van der Waals surface area contributed by atoms with Gasteiger partial charge in [-0.1, -0.05) is 11.6 Å². The van der Waals surface area contributed by atoms with Gasteiger partial charge in [-0.15, -0.1) is 0 Å². The Morgan fingerprint density at radius 2 is 2.06 bits per heavy atom. The second-order valence-corrected chi connectivity index (χ2v) is 8.16. The van der Waals surface area contributed by atoms with Gasteiger partial charge in [-0.05, 0) is 38.3 Å². The summed E-state index contributed by atoms with van der Waals surface area (Å²) in [7, 11) is -3.60. The number of hydrogen-bond acceptors (Lipinski definition) is 4. The molecule has 0 aliphatic carbocycles. The molecular formula is C11H17ClN2O2S2. The zero-order chi connectivity index (χ0) is 14.0. The van der Waals surface area contributed by atoms with Crippen molar-refractivity contribution in [3.8, 4) is 0 Å². The maximum Gasteiger partial charge on any atom is 0.242 e. The van der Waals surface area contributed by atoms with Gasteiger partial charge < -0.3 is 5.73 Å². The fraction of sp³-hybridized carbons (Fsp3) is 0.455. The molecule has 3 N–H and O–H groups in total. The van der Waals surface area contributed by atoms with E-state index in [1.165, 1.54) is 18.2 Å². The van der Waals surface area contributed by atoms with Crippen molar-refractivity contribution in [2.45, 2.75) is 23.5 Å². The van der Waals surface area contributed by atoms with Crippen LogP contribution in [-0.4, -0.2) is 26.0 Å². The van der Waals surface area contributed by atoms with E-state index in [0.717, 1.165) is 0 Å². The number of nitrogen functional groups attached to an aromatic ring is 1. The van der Waals surface area contributed by atoms with Gasteiger partial charge in [-0.25, -0.2) is 13.1 Å². The van der Waals surface area contributed by atoms with E-state index in [1.807, 2.05) is 20.1 Å². The molecule has 0 aliphatic heterocycles. The molecule has 0 fully saturated rings. The molecule has 0 bridgehead atoms. The summed E-state index contributed by atoms with van der Waals surface area (Å²) in [6.45, 7) is 4.26. The number of benzene rings is 1. The number of nitrogens with two attached hydrogens (primary N) is 1. The molecule has 0 spiro atoms. The molecule has 7 heteroatoms. The predicted molar refractivity (Wildman–Crippen MR) is 78.6 cm³/mol. The maximum absolute atomic E-state index is 12.1. The summed E-state index contributed by atoms with van der Waals surface area (Å²) in [6.07, 6.45) is 1.94. The Kier molecular flexibility index (Phi) is 4.94. The fourth-order valence-electron chi connectivity index (χ4n) is 1.18. The van der Waals surface area contributed by atoms with Gasteiger partial charge in [0.15, 0.2) is 0 Å². The first-order chi connectivity index (χ1) is 8.18. The van der Waals surface area contributed by atoms with Crippen LogP contribution in [-0.2, 0) is 10.0 Å². The average molecular weight is 309 g/mol. The summed E-state index contributed by atoms with van der Waals surface area (Å²) in [5, 5.41) is 0.413. The summed E-state index contributed by atoms with van der Waals surface area (Å²) in [6, 6.07) is 4.34. The second kappa shape index (κ2) is 5.69. The van der Waals surface area contributed by atoms with Gasteiger partial charge in [-0.3, -0.25) is 0 Å². The Morgan fingerprint density at radius 1 is 1.44 bits per heavy atom. The molecule has 1 aromatic carbocycles. The van der Waals surface area contributed by atoms with E-state index in [4.69, 9.17) is 17.3 Å². The van der Waals surface area contributed by atoms with Gasteiger partial charge in [-0.2, -0.15) is 11.8 Å². The lowest BCUT2D eigenvalue weighted by molar-refractivity contribution is 0.571. The first-order valence-electron chi connectivity index (χ1n) is 5.28. The Bertz CT molecular complexity index is 530. The Balaban J connectivity index is 2.94. The fourth-order valence-corrected chi connectivity index (χ4v) is 2.99. The molecular weight excluding hydrogens is 292 g/mol. The molecule has 0 aromatic heterocycles. The van der Waals surface area contributed by atoms with Crippen molar-refractivity contribution in [1.82, 2.24) is 4.72 Å². The van der Waals surface area contributed by atoms with Crippen molar-refractivity contribution in [2.75, 3.05) is 18.5 Å². The normalized spacial score (nSPS) is 12.7. The zero-order valence-electron chi connectivity index (χ0n) is 10.5. The SMILES string of the molecule is CSC(C)(C)CNS(=O)(=O)c1ccc(Cl)cc1N. The third-order valence-electron chi connectivity index (χ3n) is 2.50. The van der Waals surface area contributed by atoms with E-state index in [-0.39, 0.29) is 15.3 Å². The smallest absolute Gasteiger partial charge is 0.242 e. The minimum atomic E-state index is -3.60. The molecule has 0 heterocycles. The van der Waals surface area contributed by atoms with Crippen LogP contribution < -0.4 is 10.5 Å². The predicted octanol–water partition coefficient (Wildman–Crippen LogP) is 2.34. The molecule has 1 aromatic rings. The second-order valence-electron chi connectivity index (χ2n) is 4.47. The third-order valence-corrected chi connectivity index (χ3v) is 5.46. The van der Waals surface area contributed by atoms with Crippen molar-refractivity contribution < 1.29 is 8.42 Å². The zero-order valence-corrected chi connectivity index (χ0v) is 12.9. The molecule has 0 unspecified atom stereocenters. The lowest BCUT2D eigenvalue weighted by atomic mass is 10.2. The summed E-state index contributed by atoms with van der Waals surface area (Å²) in [4.78, 5) is 0.0591. The monoisotopic (exact) mass is 308 g/mol. The van der Waals surface area contributed by atoms with Gasteiger partial charge in [0, 0.05) is 16.3 Å². The molecule has 0 saturated heterocycles. The van der Waals surface area contributed by atoms with Crippen LogP contribution in [0.25, 0.3) is 0 Å². The van der Waals surface area contributed by atoms with E-state index >= 15 is 0 Å². The van der Waals surface area contributed by atoms with Crippen LogP contribution in [0, 0.1) is 0 Å². The first-order valence-corrected chi connectivity index (χ1v) is 8.36. The number of sulfonamides is 1. The first kappa shape index (κ1) is 15.6. The van der Waals surface area contributed by atoms with Crippen LogP contribution in [0.1, 0.15) is 13.8 Å². The molecule has 102 valence electrons. The van der Waals surface area contributed by atoms with E-state index in [0.29, 0.717) is 11.6 Å². The average Bonchev–Trinajstić information content (AvgIpc) is 2.26. The van der Waals surface area contributed by atoms with Crippen molar-refractivity contribution in [3.63, 3.8) is 0 Å². The Morgan fingerprint density at radius 3 is 2.56 bits per heavy atom. The van der Waals surface area contributed by atoms with Crippen molar-refractivity contribution >= 4 is 39.1 Å². The lowest BCUT2D eigenvalue weighted by Gasteiger charge is -2.22. The Labute approximate surface area is 117 Å². The van der Waals surface area contributed by atoms with E-state index in [2.05, 4.69) is 4.72 Å². The molecule has 4 nitrogen and oxygen atoms in total. The lowest BCUT2D eigenvalue weighted by Crippen LogP contribution is -2.36.